The second kappa shape index (κ2) is 4.90. The quantitative estimate of drug-likeness (QED) is 0.910. The fraction of sp³-hybridized carbons (Fsp3) is 0.529. The van der Waals surface area contributed by atoms with Crippen LogP contribution in [0.5, 0.6) is 0 Å². The highest BCUT2D eigenvalue weighted by molar-refractivity contribution is 5.81. The molecule has 0 unspecified atom stereocenters. The van der Waals surface area contributed by atoms with Gasteiger partial charge in [0.1, 0.15) is 16.9 Å². The van der Waals surface area contributed by atoms with Gasteiger partial charge in [-0.15, -0.1) is 0 Å². The lowest BCUT2D eigenvalue weighted by Gasteiger charge is -2.38. The molecular formula is C17H23NO2. The first-order valence-corrected chi connectivity index (χ1v) is 7.46. The summed E-state index contributed by atoms with van der Waals surface area (Å²) in [4.78, 5) is 2.41. The Hall–Kier alpha value is -1.32. The molecule has 2 heterocycles. The van der Waals surface area contributed by atoms with E-state index in [0.29, 0.717) is 6.04 Å². The predicted molar refractivity (Wildman–Crippen MR) is 80.8 cm³/mol. The van der Waals surface area contributed by atoms with Crippen LogP contribution in [0.25, 0.3) is 11.0 Å². The van der Waals surface area contributed by atoms with Gasteiger partial charge in [-0.2, -0.15) is 0 Å². The number of hydrogen-bond donors (Lipinski definition) is 1. The maximum absolute atomic E-state index is 10.9. The minimum Gasteiger partial charge on any atom is -0.458 e. The van der Waals surface area contributed by atoms with E-state index in [-0.39, 0.29) is 0 Å². The van der Waals surface area contributed by atoms with E-state index in [1.807, 2.05) is 31.2 Å². The molecule has 1 fully saturated rings. The van der Waals surface area contributed by atoms with E-state index in [1.54, 1.807) is 0 Å². The third-order valence-electron chi connectivity index (χ3n) is 4.56. The Morgan fingerprint density at radius 3 is 2.55 bits per heavy atom. The van der Waals surface area contributed by atoms with Gasteiger partial charge in [0.15, 0.2) is 0 Å². The first-order valence-electron chi connectivity index (χ1n) is 7.46. The van der Waals surface area contributed by atoms with Gasteiger partial charge in [0.2, 0.25) is 0 Å². The fourth-order valence-corrected chi connectivity index (χ4v) is 3.09. The molecule has 1 aliphatic heterocycles. The van der Waals surface area contributed by atoms with Crippen molar-refractivity contribution in [3.05, 3.63) is 35.6 Å². The maximum Gasteiger partial charge on any atom is 0.137 e. The van der Waals surface area contributed by atoms with Crippen LogP contribution < -0.4 is 0 Å². The summed E-state index contributed by atoms with van der Waals surface area (Å²) in [5.41, 5.74) is 1.22. The van der Waals surface area contributed by atoms with Gasteiger partial charge in [-0.3, -0.25) is 0 Å². The highest BCUT2D eigenvalue weighted by Crippen LogP contribution is 2.37. The van der Waals surface area contributed by atoms with E-state index in [1.165, 1.54) is 0 Å². The Kier molecular flexibility index (Phi) is 3.35. The van der Waals surface area contributed by atoms with Crippen molar-refractivity contribution in [2.75, 3.05) is 13.1 Å². The molecule has 1 N–H and O–H groups in total. The number of likely N-dealkylation sites (tertiary alicyclic amines) is 1. The summed E-state index contributed by atoms with van der Waals surface area (Å²) in [6, 6.07) is 8.66. The van der Waals surface area contributed by atoms with Crippen LogP contribution in [0.1, 0.15) is 38.0 Å². The van der Waals surface area contributed by atoms with Crippen LogP contribution in [0.15, 0.2) is 28.7 Å². The molecule has 108 valence electrons. The second-order valence-corrected chi connectivity index (χ2v) is 6.27. The standard InChI is InChI=1S/C17H23NO2/c1-12(2)18-9-7-17(19,8-10-18)15-11-14-6-4-5-13(3)16(14)20-15/h4-6,11-12,19H,7-10H2,1-3H3. The average Bonchev–Trinajstić information content (AvgIpc) is 2.85. The molecule has 1 aliphatic rings. The molecule has 3 heteroatoms. The number of rotatable bonds is 2. The van der Waals surface area contributed by atoms with Gasteiger partial charge in [-0.05, 0) is 45.2 Å². The lowest BCUT2D eigenvalue weighted by atomic mass is 9.88. The second-order valence-electron chi connectivity index (χ2n) is 6.27. The molecule has 0 amide bonds. The molecule has 1 aromatic carbocycles. The van der Waals surface area contributed by atoms with E-state index in [0.717, 1.165) is 48.2 Å². The van der Waals surface area contributed by atoms with E-state index >= 15 is 0 Å². The lowest BCUT2D eigenvalue weighted by molar-refractivity contribution is -0.0467. The monoisotopic (exact) mass is 273 g/mol. The summed E-state index contributed by atoms with van der Waals surface area (Å²) < 4.78 is 5.97. The number of aliphatic hydroxyl groups is 1. The Morgan fingerprint density at radius 1 is 1.25 bits per heavy atom. The van der Waals surface area contributed by atoms with Crippen molar-refractivity contribution in [2.24, 2.45) is 0 Å². The topological polar surface area (TPSA) is 36.6 Å². The Balaban J connectivity index is 1.89. The summed E-state index contributed by atoms with van der Waals surface area (Å²) in [5.74, 6) is 0.727. The first-order chi connectivity index (χ1) is 9.49. The van der Waals surface area contributed by atoms with Crippen molar-refractivity contribution in [3.8, 4) is 0 Å². The molecule has 0 bridgehead atoms. The molecule has 0 aliphatic carbocycles. The molecule has 3 rings (SSSR count). The summed E-state index contributed by atoms with van der Waals surface area (Å²) in [7, 11) is 0. The largest absolute Gasteiger partial charge is 0.458 e. The van der Waals surface area contributed by atoms with Crippen LogP contribution in [-0.2, 0) is 5.60 Å². The Bertz CT molecular complexity index is 606. The number of aryl methyl sites for hydroxylation is 1. The van der Waals surface area contributed by atoms with Crippen molar-refractivity contribution < 1.29 is 9.52 Å². The van der Waals surface area contributed by atoms with E-state index < -0.39 is 5.60 Å². The van der Waals surface area contributed by atoms with Crippen LogP contribution in [0.2, 0.25) is 0 Å². The summed E-state index contributed by atoms with van der Waals surface area (Å²) in [6.45, 7) is 8.29. The zero-order valence-electron chi connectivity index (χ0n) is 12.5. The van der Waals surface area contributed by atoms with Crippen LogP contribution in [0.3, 0.4) is 0 Å². The van der Waals surface area contributed by atoms with Crippen molar-refractivity contribution in [2.45, 2.75) is 45.3 Å². The van der Waals surface area contributed by atoms with Crippen LogP contribution >= 0.6 is 0 Å². The third kappa shape index (κ3) is 2.25. The van der Waals surface area contributed by atoms with Gasteiger partial charge in [0, 0.05) is 24.5 Å². The number of hydrogen-bond acceptors (Lipinski definition) is 3. The SMILES string of the molecule is Cc1cccc2cc(C3(O)CCN(C(C)C)CC3)oc12. The Morgan fingerprint density at radius 2 is 1.95 bits per heavy atom. The zero-order chi connectivity index (χ0) is 14.3. The van der Waals surface area contributed by atoms with Crippen LogP contribution in [0.4, 0.5) is 0 Å². The van der Waals surface area contributed by atoms with Gasteiger partial charge in [0.25, 0.3) is 0 Å². The van der Waals surface area contributed by atoms with Gasteiger partial charge in [-0.1, -0.05) is 18.2 Å². The van der Waals surface area contributed by atoms with Crippen molar-refractivity contribution in [1.82, 2.24) is 4.90 Å². The van der Waals surface area contributed by atoms with E-state index in [4.69, 9.17) is 4.42 Å². The number of fused-ring (bicyclic) bond motifs is 1. The molecule has 3 nitrogen and oxygen atoms in total. The highest BCUT2D eigenvalue weighted by atomic mass is 16.4. The molecule has 0 radical (unpaired) electrons. The van der Waals surface area contributed by atoms with Gasteiger partial charge >= 0.3 is 0 Å². The molecular weight excluding hydrogens is 250 g/mol. The predicted octanol–water partition coefficient (Wildman–Crippen LogP) is 3.43. The third-order valence-corrected chi connectivity index (χ3v) is 4.56. The van der Waals surface area contributed by atoms with Crippen LogP contribution in [-0.4, -0.2) is 29.1 Å². The Labute approximate surface area is 120 Å². The minimum absolute atomic E-state index is 0.539. The number of furan rings is 1. The first kappa shape index (κ1) is 13.7. The normalized spacial score (nSPS) is 19.9. The minimum atomic E-state index is -0.809. The van der Waals surface area contributed by atoms with Crippen molar-refractivity contribution >= 4 is 11.0 Å². The maximum atomic E-state index is 10.9. The fourth-order valence-electron chi connectivity index (χ4n) is 3.09. The van der Waals surface area contributed by atoms with E-state index in [9.17, 15) is 5.11 Å². The molecule has 20 heavy (non-hydrogen) atoms. The summed E-state index contributed by atoms with van der Waals surface area (Å²) >= 11 is 0. The number of para-hydroxylation sites is 1. The summed E-state index contributed by atoms with van der Waals surface area (Å²) in [6.07, 6.45) is 1.48. The van der Waals surface area contributed by atoms with E-state index in [2.05, 4.69) is 18.7 Å². The molecule has 0 saturated carbocycles. The zero-order valence-corrected chi connectivity index (χ0v) is 12.5. The number of benzene rings is 1. The molecule has 1 aromatic heterocycles. The van der Waals surface area contributed by atoms with Crippen molar-refractivity contribution in [1.29, 1.82) is 0 Å². The molecule has 0 atom stereocenters. The number of piperidine rings is 1. The van der Waals surface area contributed by atoms with Gasteiger partial charge in [0.05, 0.1) is 0 Å². The smallest absolute Gasteiger partial charge is 0.137 e. The summed E-state index contributed by atoms with van der Waals surface area (Å²) in [5, 5.41) is 12.0. The average molecular weight is 273 g/mol. The van der Waals surface area contributed by atoms with Crippen LogP contribution in [0, 0.1) is 6.92 Å². The van der Waals surface area contributed by atoms with Crippen molar-refractivity contribution in [3.63, 3.8) is 0 Å². The van der Waals surface area contributed by atoms with Gasteiger partial charge in [-0.25, -0.2) is 0 Å². The lowest BCUT2D eigenvalue weighted by Crippen LogP contribution is -2.45. The molecule has 0 spiro atoms. The molecule has 2 aromatic rings. The highest BCUT2D eigenvalue weighted by Gasteiger charge is 2.37. The number of nitrogens with zero attached hydrogens (tertiary/aromatic N) is 1. The molecule has 1 saturated heterocycles. The van der Waals surface area contributed by atoms with Gasteiger partial charge < -0.3 is 14.4 Å².